The van der Waals surface area contributed by atoms with Crippen LogP contribution in [0.1, 0.15) is 22.8 Å². The molecule has 0 spiro atoms. The van der Waals surface area contributed by atoms with Crippen LogP contribution in [0.2, 0.25) is 0 Å². The van der Waals surface area contributed by atoms with Gasteiger partial charge in [-0.25, -0.2) is 4.79 Å². The Labute approximate surface area is 91.3 Å². The highest BCUT2D eigenvalue weighted by molar-refractivity contribution is 5.97. The molecule has 0 saturated heterocycles. The first kappa shape index (κ1) is 10.5. The number of phenols is 1. The zero-order valence-corrected chi connectivity index (χ0v) is 8.56. The number of rotatable bonds is 2. The number of carboxylic acid groups (broad SMARTS) is 1. The molecule has 0 amide bonds. The van der Waals surface area contributed by atoms with Crippen molar-refractivity contribution in [2.45, 2.75) is 19.4 Å². The molecule has 5 heteroatoms. The van der Waals surface area contributed by atoms with E-state index in [1.807, 2.05) is 0 Å². The van der Waals surface area contributed by atoms with E-state index in [4.69, 9.17) is 9.84 Å². The fourth-order valence-corrected chi connectivity index (χ4v) is 1.70. The topological polar surface area (TPSA) is 83.8 Å². The molecule has 0 fully saturated rings. The van der Waals surface area contributed by atoms with Gasteiger partial charge in [-0.1, -0.05) is 0 Å². The van der Waals surface area contributed by atoms with Crippen molar-refractivity contribution < 1.29 is 24.5 Å². The van der Waals surface area contributed by atoms with Crippen LogP contribution in [0.5, 0.6) is 11.5 Å². The molecule has 1 aromatic carbocycles. The summed E-state index contributed by atoms with van der Waals surface area (Å²) in [6.07, 6.45) is -0.720. The summed E-state index contributed by atoms with van der Waals surface area (Å²) in [5.41, 5.74) is 0.823. The quantitative estimate of drug-likeness (QED) is 0.729. The second-order valence-corrected chi connectivity index (χ2v) is 3.68. The maximum absolute atomic E-state index is 11.2. The molecule has 1 unspecified atom stereocenters. The number of ether oxygens (including phenoxy) is 1. The Kier molecular flexibility index (Phi) is 2.30. The molecule has 1 atom stereocenters. The number of ketones is 1. The van der Waals surface area contributed by atoms with E-state index in [0.717, 1.165) is 0 Å². The highest BCUT2D eigenvalue weighted by Crippen LogP contribution is 2.34. The Hall–Kier alpha value is -2.04. The lowest BCUT2D eigenvalue weighted by Crippen LogP contribution is -2.24. The minimum Gasteiger partial charge on any atom is -0.507 e. The van der Waals surface area contributed by atoms with Gasteiger partial charge >= 0.3 is 5.97 Å². The number of Topliss-reactive ketones (excluding diaryl/α,β-unsaturated/α-hetero) is 1. The fourth-order valence-electron chi connectivity index (χ4n) is 1.70. The van der Waals surface area contributed by atoms with Crippen molar-refractivity contribution >= 4 is 11.8 Å². The smallest absolute Gasteiger partial charge is 0.345 e. The summed E-state index contributed by atoms with van der Waals surface area (Å²) in [5.74, 6) is -1.17. The predicted octanol–water partition coefficient (Wildman–Crippen LogP) is 0.983. The Morgan fingerprint density at radius 2 is 2.12 bits per heavy atom. The Morgan fingerprint density at radius 1 is 1.44 bits per heavy atom. The number of aromatic hydroxyl groups is 1. The fraction of sp³-hybridized carbons (Fsp3) is 0.273. The van der Waals surface area contributed by atoms with Crippen molar-refractivity contribution in [2.75, 3.05) is 0 Å². The van der Waals surface area contributed by atoms with Gasteiger partial charge in [0, 0.05) is 12.5 Å². The minimum absolute atomic E-state index is 0.183. The third kappa shape index (κ3) is 1.60. The largest absolute Gasteiger partial charge is 0.507 e. The number of benzene rings is 1. The molecule has 2 rings (SSSR count). The van der Waals surface area contributed by atoms with E-state index in [9.17, 15) is 14.7 Å². The first-order valence-electron chi connectivity index (χ1n) is 4.75. The third-order valence-corrected chi connectivity index (χ3v) is 2.51. The second kappa shape index (κ2) is 3.52. The van der Waals surface area contributed by atoms with E-state index >= 15 is 0 Å². The first-order chi connectivity index (χ1) is 7.49. The molecule has 1 aromatic rings. The number of hydrogen-bond donors (Lipinski definition) is 2. The van der Waals surface area contributed by atoms with Crippen molar-refractivity contribution in [3.63, 3.8) is 0 Å². The normalized spacial score (nSPS) is 17.7. The SMILES string of the molecule is CC(=O)c1cc2c(cc1O)OC(C(=O)O)C2. The molecule has 2 N–H and O–H groups in total. The highest BCUT2D eigenvalue weighted by Gasteiger charge is 2.30. The van der Waals surface area contributed by atoms with E-state index in [1.165, 1.54) is 19.1 Å². The van der Waals surface area contributed by atoms with Crippen molar-refractivity contribution in [1.29, 1.82) is 0 Å². The molecular formula is C11H10O5. The number of fused-ring (bicyclic) bond motifs is 1. The average molecular weight is 222 g/mol. The van der Waals surface area contributed by atoms with Gasteiger partial charge < -0.3 is 14.9 Å². The van der Waals surface area contributed by atoms with Crippen molar-refractivity contribution in [3.05, 3.63) is 23.3 Å². The zero-order chi connectivity index (χ0) is 11.9. The second-order valence-electron chi connectivity index (χ2n) is 3.68. The molecule has 0 bridgehead atoms. The molecule has 1 heterocycles. The number of carbonyl (C=O) groups excluding carboxylic acids is 1. The van der Waals surface area contributed by atoms with Crippen LogP contribution < -0.4 is 4.74 Å². The Morgan fingerprint density at radius 3 is 2.69 bits per heavy atom. The third-order valence-electron chi connectivity index (χ3n) is 2.51. The van der Waals surface area contributed by atoms with E-state index < -0.39 is 12.1 Å². The van der Waals surface area contributed by atoms with Crippen LogP contribution in [0.25, 0.3) is 0 Å². The summed E-state index contributed by atoms with van der Waals surface area (Å²) in [7, 11) is 0. The number of hydrogen-bond acceptors (Lipinski definition) is 4. The van der Waals surface area contributed by atoms with Gasteiger partial charge in [0.15, 0.2) is 11.9 Å². The molecule has 84 valence electrons. The Balaban J connectivity index is 2.40. The monoisotopic (exact) mass is 222 g/mol. The van der Waals surface area contributed by atoms with Gasteiger partial charge in [0.2, 0.25) is 0 Å². The zero-order valence-electron chi connectivity index (χ0n) is 8.56. The highest BCUT2D eigenvalue weighted by atomic mass is 16.5. The van der Waals surface area contributed by atoms with Gasteiger partial charge in [-0.2, -0.15) is 0 Å². The standard InChI is InChI=1S/C11H10O5/c1-5(12)7-2-6-3-10(11(14)15)16-9(6)4-8(7)13/h2,4,10,13H,3H2,1H3,(H,14,15). The summed E-state index contributed by atoms with van der Waals surface area (Å²) in [4.78, 5) is 21.9. The molecule has 5 nitrogen and oxygen atoms in total. The van der Waals surface area contributed by atoms with Crippen LogP contribution in [0.15, 0.2) is 12.1 Å². The van der Waals surface area contributed by atoms with Crippen molar-refractivity contribution in [3.8, 4) is 11.5 Å². The summed E-state index contributed by atoms with van der Waals surface area (Å²) < 4.78 is 5.11. The molecule has 0 saturated carbocycles. The van der Waals surface area contributed by atoms with Crippen LogP contribution in [0.3, 0.4) is 0 Å². The van der Waals surface area contributed by atoms with Crippen LogP contribution in [-0.4, -0.2) is 28.1 Å². The number of phenolic OH excluding ortho intramolecular Hbond substituents is 1. The molecule has 0 aromatic heterocycles. The van der Waals surface area contributed by atoms with Gasteiger partial charge in [-0.05, 0) is 18.6 Å². The van der Waals surface area contributed by atoms with Crippen LogP contribution in [0.4, 0.5) is 0 Å². The Bertz CT molecular complexity index is 478. The van der Waals surface area contributed by atoms with E-state index in [2.05, 4.69) is 0 Å². The summed E-state index contributed by atoms with van der Waals surface area (Å²) >= 11 is 0. The first-order valence-corrected chi connectivity index (χ1v) is 4.75. The average Bonchev–Trinajstić information content (AvgIpc) is 2.58. The van der Waals surface area contributed by atoms with Crippen LogP contribution >= 0.6 is 0 Å². The van der Waals surface area contributed by atoms with E-state index in [0.29, 0.717) is 11.3 Å². The predicted molar refractivity (Wildman–Crippen MR) is 53.9 cm³/mol. The number of carboxylic acids is 1. The lowest BCUT2D eigenvalue weighted by molar-refractivity contribution is -0.144. The maximum Gasteiger partial charge on any atom is 0.345 e. The van der Waals surface area contributed by atoms with E-state index in [-0.39, 0.29) is 23.5 Å². The molecule has 1 aliphatic rings. The molecule has 0 aliphatic carbocycles. The van der Waals surface area contributed by atoms with Gasteiger partial charge in [-0.3, -0.25) is 4.79 Å². The molecular weight excluding hydrogens is 212 g/mol. The summed E-state index contributed by atoms with van der Waals surface area (Å²) in [5, 5.41) is 18.3. The molecule has 1 aliphatic heterocycles. The van der Waals surface area contributed by atoms with Gasteiger partial charge in [0.25, 0.3) is 0 Å². The summed E-state index contributed by atoms with van der Waals surface area (Å²) in [6, 6.07) is 2.77. The minimum atomic E-state index is -1.06. The van der Waals surface area contributed by atoms with Crippen LogP contribution in [-0.2, 0) is 11.2 Å². The van der Waals surface area contributed by atoms with Crippen molar-refractivity contribution in [1.82, 2.24) is 0 Å². The van der Waals surface area contributed by atoms with Crippen molar-refractivity contribution in [2.24, 2.45) is 0 Å². The van der Waals surface area contributed by atoms with Gasteiger partial charge in [0.1, 0.15) is 11.5 Å². The number of carbonyl (C=O) groups is 2. The lowest BCUT2D eigenvalue weighted by Gasteiger charge is -2.05. The molecule has 0 radical (unpaired) electrons. The summed E-state index contributed by atoms with van der Waals surface area (Å²) in [6.45, 7) is 1.34. The maximum atomic E-state index is 11.2. The van der Waals surface area contributed by atoms with Gasteiger partial charge in [-0.15, -0.1) is 0 Å². The van der Waals surface area contributed by atoms with Gasteiger partial charge in [0.05, 0.1) is 5.56 Å². The molecule has 16 heavy (non-hydrogen) atoms. The van der Waals surface area contributed by atoms with E-state index in [1.54, 1.807) is 0 Å². The van der Waals surface area contributed by atoms with Crippen LogP contribution in [0, 0.1) is 0 Å². The lowest BCUT2D eigenvalue weighted by atomic mass is 10.0. The number of aliphatic carboxylic acids is 1.